The van der Waals surface area contributed by atoms with Gasteiger partial charge in [0.25, 0.3) is 0 Å². The predicted molar refractivity (Wildman–Crippen MR) is 161 cm³/mol. The third-order valence-electron chi connectivity index (χ3n) is 7.31. The number of halogens is 7. The van der Waals surface area contributed by atoms with Gasteiger partial charge in [0.2, 0.25) is 0 Å². The Morgan fingerprint density at radius 3 is 2.25 bits per heavy atom. The van der Waals surface area contributed by atoms with E-state index in [1.807, 2.05) is 0 Å². The summed E-state index contributed by atoms with van der Waals surface area (Å²) in [6, 6.07) is 11.2. The molecule has 1 heterocycles. The normalized spacial score (nSPS) is 14.2. The van der Waals surface area contributed by atoms with Gasteiger partial charge in [0.05, 0.1) is 11.5 Å². The number of hydrogen-bond acceptors (Lipinski definition) is 8. The molecular weight excluding hydrogens is 671 g/mol. The Balaban J connectivity index is 1.69. The Morgan fingerprint density at radius 1 is 1.04 bits per heavy atom. The lowest BCUT2D eigenvalue weighted by atomic mass is 9.97. The molecule has 0 spiro atoms. The number of alkyl halides is 6. The Labute approximate surface area is 269 Å². The lowest BCUT2D eigenvalue weighted by molar-refractivity contribution is -0.274. The second-order valence-corrected chi connectivity index (χ2v) is 13.0. The standard InChI is InChI=1S/C32H26F7N3O5S/c1-16-41-29(30(46-16)18-5-8-21(9-6-18)47-32(37,38)39)22-11-19(20-12-24(33)23(15-43)27(13-20)48(2,44)45)7-10-25(22)42-26(17-3-4-17)14-28(40)31(34,35)36/h5-14,17,40,42-43H,3-4,15H2,1-2H3/b26-14-,40-28?. The molecule has 3 N–H and O–H groups in total. The van der Waals surface area contributed by atoms with Crippen LogP contribution in [-0.2, 0) is 16.4 Å². The van der Waals surface area contributed by atoms with Crippen molar-refractivity contribution in [1.82, 2.24) is 4.98 Å². The maximum absolute atomic E-state index is 15.1. The second-order valence-electron chi connectivity index (χ2n) is 11.0. The number of anilines is 1. The smallest absolute Gasteiger partial charge is 0.440 e. The highest BCUT2D eigenvalue weighted by atomic mass is 32.2. The Hall–Kier alpha value is -4.70. The summed E-state index contributed by atoms with van der Waals surface area (Å²) in [6.45, 7) is 0.604. The maximum atomic E-state index is 15.1. The molecule has 48 heavy (non-hydrogen) atoms. The first-order valence-electron chi connectivity index (χ1n) is 14.1. The summed E-state index contributed by atoms with van der Waals surface area (Å²) in [7, 11) is -4.01. The molecule has 0 unspecified atom stereocenters. The fraction of sp³-hybridized carbons (Fsp3) is 0.250. The molecule has 8 nitrogen and oxygen atoms in total. The number of rotatable bonds is 10. The van der Waals surface area contributed by atoms with Gasteiger partial charge in [-0.15, -0.1) is 13.2 Å². The van der Waals surface area contributed by atoms with E-state index in [2.05, 4.69) is 15.0 Å². The zero-order chi connectivity index (χ0) is 35.2. The van der Waals surface area contributed by atoms with Gasteiger partial charge in [0, 0.05) is 41.3 Å². The minimum absolute atomic E-state index is 0.0601. The van der Waals surface area contributed by atoms with Crippen molar-refractivity contribution in [2.75, 3.05) is 11.6 Å². The highest BCUT2D eigenvalue weighted by molar-refractivity contribution is 7.90. The van der Waals surface area contributed by atoms with E-state index in [0.717, 1.165) is 24.5 Å². The average molecular weight is 698 g/mol. The van der Waals surface area contributed by atoms with Gasteiger partial charge >= 0.3 is 12.5 Å². The number of benzene rings is 3. The molecular formula is C32H26F7N3O5S. The fourth-order valence-corrected chi connectivity index (χ4v) is 5.90. The van der Waals surface area contributed by atoms with Crippen LogP contribution in [0.4, 0.5) is 36.4 Å². The SMILES string of the molecule is Cc1nc(-c2cc(-c3cc(F)c(CO)c(S(C)(=O)=O)c3)ccc2N/C(=C\C(=N)C(F)(F)F)C2CC2)c(-c2ccc(OC(F)(F)F)cc2)o1. The minimum atomic E-state index is -4.93. The van der Waals surface area contributed by atoms with Crippen LogP contribution in [0.25, 0.3) is 33.7 Å². The van der Waals surface area contributed by atoms with Crippen molar-refractivity contribution in [2.24, 2.45) is 5.92 Å². The van der Waals surface area contributed by atoms with Crippen molar-refractivity contribution in [1.29, 1.82) is 5.41 Å². The molecule has 0 radical (unpaired) electrons. The van der Waals surface area contributed by atoms with Crippen LogP contribution in [0.3, 0.4) is 0 Å². The number of allylic oxidation sites excluding steroid dienone is 2. The van der Waals surface area contributed by atoms with Crippen molar-refractivity contribution >= 4 is 21.2 Å². The van der Waals surface area contributed by atoms with Crippen LogP contribution in [0.1, 0.15) is 24.3 Å². The molecule has 1 aliphatic rings. The van der Waals surface area contributed by atoms with E-state index >= 15 is 4.39 Å². The van der Waals surface area contributed by atoms with Crippen LogP contribution in [0.2, 0.25) is 0 Å². The van der Waals surface area contributed by atoms with Crippen LogP contribution in [0.5, 0.6) is 5.75 Å². The van der Waals surface area contributed by atoms with Crippen LogP contribution in [-0.4, -0.2) is 43.0 Å². The molecule has 1 aliphatic carbocycles. The molecule has 254 valence electrons. The van der Waals surface area contributed by atoms with Crippen molar-refractivity contribution in [3.05, 3.63) is 83.6 Å². The van der Waals surface area contributed by atoms with E-state index in [4.69, 9.17) is 9.83 Å². The quantitative estimate of drug-likeness (QED) is 0.113. The van der Waals surface area contributed by atoms with Crippen LogP contribution >= 0.6 is 0 Å². The fourth-order valence-electron chi connectivity index (χ4n) is 4.95. The molecule has 16 heteroatoms. The lowest BCUT2D eigenvalue weighted by Crippen LogP contribution is -2.21. The molecule has 5 rings (SSSR count). The van der Waals surface area contributed by atoms with Crippen molar-refractivity contribution in [3.8, 4) is 39.5 Å². The Morgan fingerprint density at radius 2 is 1.69 bits per heavy atom. The van der Waals surface area contributed by atoms with Gasteiger partial charge in [-0.05, 0) is 84.5 Å². The van der Waals surface area contributed by atoms with Gasteiger partial charge < -0.3 is 19.6 Å². The number of aromatic nitrogens is 1. The van der Waals surface area contributed by atoms with Gasteiger partial charge in [-0.25, -0.2) is 17.8 Å². The highest BCUT2D eigenvalue weighted by Gasteiger charge is 2.36. The summed E-state index contributed by atoms with van der Waals surface area (Å²) in [5.41, 5.74) is -0.875. The van der Waals surface area contributed by atoms with E-state index in [1.165, 1.54) is 43.3 Å². The summed E-state index contributed by atoms with van der Waals surface area (Å²) in [5.74, 6) is -1.64. The molecule has 0 atom stereocenters. The number of sulfone groups is 1. The number of nitrogens with zero attached hydrogens (tertiary/aromatic N) is 1. The molecule has 0 aliphatic heterocycles. The van der Waals surface area contributed by atoms with E-state index in [0.29, 0.717) is 18.9 Å². The first kappa shape index (κ1) is 34.6. The number of hydrogen-bond donors (Lipinski definition) is 3. The summed E-state index contributed by atoms with van der Waals surface area (Å²) in [5, 5.41) is 20.1. The third kappa shape index (κ3) is 7.87. The van der Waals surface area contributed by atoms with Gasteiger partial charge in [0.15, 0.2) is 21.5 Å². The molecule has 0 bridgehead atoms. The zero-order valence-electron chi connectivity index (χ0n) is 25.1. The first-order valence-corrected chi connectivity index (χ1v) is 16.0. The van der Waals surface area contributed by atoms with E-state index in [-0.39, 0.29) is 56.9 Å². The summed E-state index contributed by atoms with van der Waals surface area (Å²) < 4.78 is 128. The van der Waals surface area contributed by atoms with Crippen molar-refractivity contribution in [2.45, 2.75) is 43.8 Å². The van der Waals surface area contributed by atoms with Crippen LogP contribution in [0, 0.1) is 24.1 Å². The zero-order valence-corrected chi connectivity index (χ0v) is 25.9. The van der Waals surface area contributed by atoms with E-state index in [1.54, 1.807) is 0 Å². The molecule has 3 aromatic carbocycles. The van der Waals surface area contributed by atoms with Gasteiger partial charge in [-0.3, -0.25) is 5.41 Å². The Kier molecular flexibility index (Phi) is 9.18. The molecule has 1 saturated carbocycles. The van der Waals surface area contributed by atoms with Crippen LogP contribution < -0.4 is 10.1 Å². The number of aliphatic hydroxyl groups is 1. The maximum Gasteiger partial charge on any atom is 0.573 e. The molecule has 1 fully saturated rings. The van der Waals surface area contributed by atoms with Gasteiger partial charge in [-0.2, -0.15) is 13.2 Å². The molecule has 1 aromatic heterocycles. The minimum Gasteiger partial charge on any atom is -0.440 e. The van der Waals surface area contributed by atoms with Crippen molar-refractivity contribution in [3.63, 3.8) is 0 Å². The Bertz CT molecular complexity index is 2020. The van der Waals surface area contributed by atoms with E-state index < -0.39 is 56.7 Å². The summed E-state index contributed by atoms with van der Waals surface area (Å²) in [4.78, 5) is 3.99. The van der Waals surface area contributed by atoms with Gasteiger partial charge in [-0.1, -0.05) is 6.07 Å². The monoisotopic (exact) mass is 697 g/mol. The first-order chi connectivity index (χ1) is 22.3. The number of oxazole rings is 1. The predicted octanol–water partition coefficient (Wildman–Crippen LogP) is 8.21. The number of aliphatic hydroxyl groups excluding tert-OH is 1. The second kappa shape index (κ2) is 12.7. The number of ether oxygens (including phenoxy) is 1. The molecule has 0 saturated heterocycles. The van der Waals surface area contributed by atoms with E-state index in [9.17, 15) is 39.9 Å². The summed E-state index contributed by atoms with van der Waals surface area (Å²) in [6.07, 6.45) is -7.19. The largest absolute Gasteiger partial charge is 0.573 e. The van der Waals surface area contributed by atoms with Crippen LogP contribution in [0.15, 0.2) is 75.7 Å². The average Bonchev–Trinajstić information content (AvgIpc) is 3.76. The molecule has 4 aromatic rings. The number of aryl methyl sites for hydroxylation is 1. The highest BCUT2D eigenvalue weighted by Crippen LogP contribution is 2.43. The topological polar surface area (TPSA) is 126 Å². The van der Waals surface area contributed by atoms with Crippen molar-refractivity contribution < 1.29 is 53.4 Å². The molecule has 0 amide bonds. The summed E-state index contributed by atoms with van der Waals surface area (Å²) >= 11 is 0. The lowest BCUT2D eigenvalue weighted by Gasteiger charge is -2.17. The third-order valence-corrected chi connectivity index (χ3v) is 8.47. The number of nitrogens with one attached hydrogen (secondary N) is 2. The van der Waals surface area contributed by atoms with Gasteiger partial charge in [0.1, 0.15) is 23.0 Å².